The Morgan fingerprint density at radius 2 is 2.33 bits per heavy atom. The molecule has 0 rings (SSSR count). The Hall–Kier alpha value is -0.0800. The second-order valence-electron chi connectivity index (χ2n) is 1.38. The van der Waals surface area contributed by atoms with Crippen molar-refractivity contribution in [3.8, 4) is 0 Å². The molecule has 0 radical (unpaired) electrons. The number of nitrogens with one attached hydrogen (secondary N) is 1. The van der Waals surface area contributed by atoms with Gasteiger partial charge in [-0.3, -0.25) is 0 Å². The van der Waals surface area contributed by atoms with Gasteiger partial charge in [0.2, 0.25) is 0 Å². The number of nitrogens with two attached hydrogens (primary N) is 1. The Morgan fingerprint density at radius 3 is 2.33 bits per heavy atom. The van der Waals surface area contributed by atoms with Crippen LogP contribution in [0.5, 0.6) is 0 Å². The van der Waals surface area contributed by atoms with Crippen LogP contribution in [0, 0.1) is 6.04 Å². The van der Waals surface area contributed by atoms with E-state index in [0.29, 0.717) is 0 Å². The van der Waals surface area contributed by atoms with Crippen LogP contribution in [0.25, 0.3) is 0 Å². The smallest absolute Gasteiger partial charge is 0.0192 e. The third kappa shape index (κ3) is 3.92. The molecular weight excluding hydrogens is 76.1 g/mol. The summed E-state index contributed by atoms with van der Waals surface area (Å²) in [5.41, 5.74) is 5.26. The number of rotatable bonds is 2. The van der Waals surface area contributed by atoms with Crippen LogP contribution in [0.2, 0.25) is 0 Å². The first kappa shape index (κ1) is 5.92. The van der Waals surface area contributed by atoms with Gasteiger partial charge in [-0.15, -0.1) is 6.54 Å². The SMILES string of the molecule is CNC[C-](C)N. The lowest BCUT2D eigenvalue weighted by Gasteiger charge is -2.14. The molecule has 2 nitrogen and oxygen atoms in total. The van der Waals surface area contributed by atoms with Crippen molar-refractivity contribution in [1.82, 2.24) is 5.32 Å². The quantitative estimate of drug-likeness (QED) is 0.454. The number of hydrogen-bond acceptors (Lipinski definition) is 2. The fraction of sp³-hybridized carbons (Fsp3) is 0.750. The van der Waals surface area contributed by atoms with Crippen LogP contribution < -0.4 is 11.1 Å². The van der Waals surface area contributed by atoms with E-state index in [2.05, 4.69) is 5.32 Å². The summed E-state index contributed by atoms with van der Waals surface area (Å²) in [7, 11) is 1.87. The van der Waals surface area contributed by atoms with E-state index in [1.54, 1.807) is 0 Å². The lowest BCUT2D eigenvalue weighted by Crippen LogP contribution is -2.20. The maximum atomic E-state index is 5.26. The van der Waals surface area contributed by atoms with E-state index in [1.165, 1.54) is 0 Å². The Labute approximate surface area is 38.7 Å². The third-order valence-electron chi connectivity index (χ3n) is 0.456. The van der Waals surface area contributed by atoms with E-state index >= 15 is 0 Å². The molecule has 0 unspecified atom stereocenters. The highest BCUT2D eigenvalue weighted by atomic mass is 14.8. The van der Waals surface area contributed by atoms with Gasteiger partial charge in [-0.1, -0.05) is 0 Å². The fourth-order valence-electron chi connectivity index (χ4n) is 0.279. The van der Waals surface area contributed by atoms with Crippen LogP contribution in [0.3, 0.4) is 0 Å². The van der Waals surface area contributed by atoms with Crippen LogP contribution in [0.4, 0.5) is 0 Å². The molecule has 0 fully saturated rings. The molecule has 0 aromatic heterocycles. The molecule has 0 aliphatic rings. The zero-order valence-electron chi connectivity index (χ0n) is 4.28. The molecule has 0 bridgehead atoms. The minimum Gasteiger partial charge on any atom is -0.480 e. The van der Waals surface area contributed by atoms with Gasteiger partial charge in [-0.25, -0.2) is 6.04 Å². The van der Waals surface area contributed by atoms with Gasteiger partial charge in [0.25, 0.3) is 0 Å². The molecule has 0 aromatic rings. The lowest BCUT2D eigenvalue weighted by atomic mass is 10.4. The van der Waals surface area contributed by atoms with E-state index in [9.17, 15) is 0 Å². The van der Waals surface area contributed by atoms with E-state index in [0.717, 1.165) is 12.6 Å². The predicted octanol–water partition coefficient (Wildman–Crippen LogP) is -0.284. The molecule has 0 aliphatic carbocycles. The molecule has 3 N–H and O–H groups in total. The molecule has 0 saturated carbocycles. The van der Waals surface area contributed by atoms with Gasteiger partial charge in [0, 0.05) is 0 Å². The molecule has 0 spiro atoms. The normalized spacial score (nSPS) is 10.0. The molecule has 0 heterocycles. The minimum absolute atomic E-state index is 0.819. The topological polar surface area (TPSA) is 38.0 Å². The van der Waals surface area contributed by atoms with Gasteiger partial charge < -0.3 is 11.1 Å². The van der Waals surface area contributed by atoms with Crippen molar-refractivity contribution < 1.29 is 0 Å². The standard InChI is InChI=1S/C4H11N2/c1-4(5)3-6-2/h6H,3,5H2,1-2H3/q-1. The summed E-state index contributed by atoms with van der Waals surface area (Å²) < 4.78 is 0. The van der Waals surface area contributed by atoms with Gasteiger partial charge in [-0.05, 0) is 7.05 Å². The van der Waals surface area contributed by atoms with Gasteiger partial charge in [0.15, 0.2) is 0 Å². The van der Waals surface area contributed by atoms with Gasteiger partial charge in [0.05, 0.1) is 0 Å². The molecule has 38 valence electrons. The summed E-state index contributed by atoms with van der Waals surface area (Å²) in [6.07, 6.45) is 0. The zero-order valence-corrected chi connectivity index (χ0v) is 4.28. The molecule has 6 heavy (non-hydrogen) atoms. The zero-order chi connectivity index (χ0) is 4.99. The maximum Gasteiger partial charge on any atom is -0.0192 e. The highest BCUT2D eigenvalue weighted by Gasteiger charge is 1.68. The maximum absolute atomic E-state index is 5.26. The van der Waals surface area contributed by atoms with Crippen LogP contribution in [-0.2, 0) is 0 Å². The number of hydrogen-bond donors (Lipinski definition) is 2. The predicted molar refractivity (Wildman–Crippen MR) is 27.0 cm³/mol. The van der Waals surface area contributed by atoms with Crippen LogP contribution >= 0.6 is 0 Å². The second-order valence-corrected chi connectivity index (χ2v) is 1.38. The summed E-state index contributed by atoms with van der Waals surface area (Å²) in [4.78, 5) is 0. The van der Waals surface area contributed by atoms with Crippen molar-refractivity contribution in [3.63, 3.8) is 0 Å². The Morgan fingerprint density at radius 1 is 1.83 bits per heavy atom. The van der Waals surface area contributed by atoms with Crippen molar-refractivity contribution in [3.05, 3.63) is 6.04 Å². The van der Waals surface area contributed by atoms with Crippen molar-refractivity contribution in [2.45, 2.75) is 6.92 Å². The van der Waals surface area contributed by atoms with Gasteiger partial charge >= 0.3 is 0 Å². The molecule has 0 saturated heterocycles. The Balaban J connectivity index is 2.63. The van der Waals surface area contributed by atoms with Crippen molar-refractivity contribution >= 4 is 0 Å². The molecule has 0 aromatic carbocycles. The largest absolute Gasteiger partial charge is 0.480 e. The fourth-order valence-corrected chi connectivity index (χ4v) is 0.279. The monoisotopic (exact) mass is 87.1 g/mol. The van der Waals surface area contributed by atoms with Crippen molar-refractivity contribution in [1.29, 1.82) is 0 Å². The summed E-state index contributed by atoms with van der Waals surface area (Å²) in [5, 5.41) is 2.91. The summed E-state index contributed by atoms with van der Waals surface area (Å²) in [6, 6.07) is 0.928. The van der Waals surface area contributed by atoms with E-state index < -0.39 is 0 Å². The molecule has 0 amide bonds. The molecule has 0 aliphatic heterocycles. The van der Waals surface area contributed by atoms with Crippen molar-refractivity contribution in [2.24, 2.45) is 5.73 Å². The second kappa shape index (κ2) is 3.12. The summed E-state index contributed by atoms with van der Waals surface area (Å²) in [6.45, 7) is 2.70. The minimum atomic E-state index is 0.819. The van der Waals surface area contributed by atoms with Crippen LogP contribution in [-0.4, -0.2) is 13.6 Å². The van der Waals surface area contributed by atoms with Crippen LogP contribution in [0.1, 0.15) is 6.92 Å². The van der Waals surface area contributed by atoms with E-state index in [4.69, 9.17) is 5.73 Å². The number of likely N-dealkylation sites (N-methyl/N-ethyl adjacent to an activating group) is 1. The van der Waals surface area contributed by atoms with Crippen molar-refractivity contribution in [2.75, 3.05) is 13.6 Å². The highest BCUT2D eigenvalue weighted by Crippen LogP contribution is 1.76. The first-order chi connectivity index (χ1) is 2.77. The van der Waals surface area contributed by atoms with Gasteiger partial charge in [-0.2, -0.15) is 6.92 Å². The van der Waals surface area contributed by atoms with Crippen LogP contribution in [0.15, 0.2) is 0 Å². The van der Waals surface area contributed by atoms with E-state index in [1.807, 2.05) is 14.0 Å². The lowest BCUT2D eigenvalue weighted by molar-refractivity contribution is 0.785. The average molecular weight is 87.1 g/mol. The highest BCUT2D eigenvalue weighted by molar-refractivity contribution is 4.75. The first-order valence-electron chi connectivity index (χ1n) is 2.00. The third-order valence-corrected chi connectivity index (χ3v) is 0.456. The average Bonchev–Trinajstić information content (AvgIpc) is 1.35. The summed E-state index contributed by atoms with van der Waals surface area (Å²) >= 11 is 0. The van der Waals surface area contributed by atoms with E-state index in [-0.39, 0.29) is 0 Å². The molecular formula is C4H11N2-. The molecule has 2 heteroatoms. The Bertz CT molecular complexity index is 26.7. The van der Waals surface area contributed by atoms with Gasteiger partial charge in [0.1, 0.15) is 0 Å². The molecule has 0 atom stereocenters. The first-order valence-corrected chi connectivity index (χ1v) is 2.00. The summed E-state index contributed by atoms with van der Waals surface area (Å²) in [5.74, 6) is 0. The Kier molecular flexibility index (Phi) is 3.08.